The highest BCUT2D eigenvalue weighted by Crippen LogP contribution is 2.24. The van der Waals surface area contributed by atoms with E-state index in [1.165, 1.54) is 12.1 Å². The van der Waals surface area contributed by atoms with Crippen LogP contribution in [0.1, 0.15) is 12.3 Å². The molecule has 1 heterocycles. The molecule has 1 aromatic carbocycles. The molecule has 2 aromatic rings. The normalized spacial score (nSPS) is 10.8. The predicted octanol–water partition coefficient (Wildman–Crippen LogP) is 2.42. The highest BCUT2D eigenvalue weighted by atomic mass is 35.5. The van der Waals surface area contributed by atoms with Crippen LogP contribution in [0.4, 0.5) is 4.39 Å². The van der Waals surface area contributed by atoms with E-state index < -0.39 is 5.82 Å². The maximum atomic E-state index is 13.6. The lowest BCUT2D eigenvalue weighted by molar-refractivity contribution is 0.495. The number of hydrogen-bond acceptors (Lipinski definition) is 4. The van der Waals surface area contributed by atoms with E-state index in [0.717, 1.165) is 6.42 Å². The van der Waals surface area contributed by atoms with Crippen molar-refractivity contribution < 1.29 is 8.81 Å². The molecule has 0 aliphatic heterocycles. The third-order valence-electron chi connectivity index (χ3n) is 2.22. The van der Waals surface area contributed by atoms with Crippen LogP contribution in [0, 0.1) is 5.82 Å². The Kier molecular flexibility index (Phi) is 3.71. The molecule has 0 aliphatic rings. The van der Waals surface area contributed by atoms with Crippen molar-refractivity contribution in [2.75, 3.05) is 6.54 Å². The summed E-state index contributed by atoms with van der Waals surface area (Å²) in [7, 11) is 0. The van der Waals surface area contributed by atoms with E-state index in [4.69, 9.17) is 21.8 Å². The van der Waals surface area contributed by atoms with Crippen LogP contribution in [-0.2, 0) is 6.42 Å². The van der Waals surface area contributed by atoms with Crippen LogP contribution >= 0.6 is 11.6 Å². The summed E-state index contributed by atoms with van der Waals surface area (Å²) in [5.74, 6) is 0.137. The minimum atomic E-state index is -0.480. The van der Waals surface area contributed by atoms with Crippen LogP contribution in [-0.4, -0.2) is 16.7 Å². The number of hydrogen-bond donors (Lipinski definition) is 1. The van der Waals surface area contributed by atoms with Crippen molar-refractivity contribution >= 4 is 11.6 Å². The monoisotopic (exact) mass is 255 g/mol. The molecule has 0 atom stereocenters. The maximum Gasteiger partial charge on any atom is 0.250 e. The first-order valence-corrected chi connectivity index (χ1v) is 5.56. The van der Waals surface area contributed by atoms with Crippen LogP contribution in [0.25, 0.3) is 11.5 Å². The number of nitrogens with two attached hydrogens (primary N) is 1. The zero-order valence-corrected chi connectivity index (χ0v) is 9.75. The molecule has 0 saturated carbocycles. The average Bonchev–Trinajstić information content (AvgIpc) is 2.75. The minimum absolute atomic E-state index is 0.159. The van der Waals surface area contributed by atoms with Gasteiger partial charge in [-0.25, -0.2) is 4.39 Å². The van der Waals surface area contributed by atoms with Gasteiger partial charge in [-0.15, -0.1) is 10.2 Å². The van der Waals surface area contributed by atoms with Crippen LogP contribution in [0.15, 0.2) is 22.6 Å². The lowest BCUT2D eigenvalue weighted by atomic mass is 10.2. The Labute approximate surface area is 103 Å². The zero-order chi connectivity index (χ0) is 12.3. The summed E-state index contributed by atoms with van der Waals surface area (Å²) in [6.45, 7) is 0.549. The summed E-state index contributed by atoms with van der Waals surface area (Å²) < 4.78 is 18.9. The summed E-state index contributed by atoms with van der Waals surface area (Å²) in [6.07, 6.45) is 1.35. The molecule has 6 heteroatoms. The van der Waals surface area contributed by atoms with Gasteiger partial charge in [0.05, 0.1) is 5.56 Å². The standard InChI is InChI=1S/C11H11ClFN3O/c12-7-3-4-8(9(13)6-7)11-16-15-10(17-11)2-1-5-14/h3-4,6H,1-2,5,14H2. The van der Waals surface area contributed by atoms with E-state index in [0.29, 0.717) is 23.9 Å². The van der Waals surface area contributed by atoms with Gasteiger partial charge in [0.2, 0.25) is 5.89 Å². The first kappa shape index (κ1) is 12.0. The van der Waals surface area contributed by atoms with Crippen LogP contribution in [0.2, 0.25) is 5.02 Å². The van der Waals surface area contributed by atoms with E-state index in [-0.39, 0.29) is 11.5 Å². The fourth-order valence-corrected chi connectivity index (χ4v) is 1.54. The van der Waals surface area contributed by atoms with Crippen molar-refractivity contribution in [2.24, 2.45) is 5.73 Å². The fraction of sp³-hybridized carbons (Fsp3) is 0.273. The van der Waals surface area contributed by atoms with Gasteiger partial charge in [-0.05, 0) is 31.2 Å². The van der Waals surface area contributed by atoms with Gasteiger partial charge in [-0.1, -0.05) is 11.6 Å². The Morgan fingerprint density at radius 3 is 2.88 bits per heavy atom. The number of aromatic nitrogens is 2. The Balaban J connectivity index is 2.24. The van der Waals surface area contributed by atoms with Gasteiger partial charge < -0.3 is 10.2 Å². The number of rotatable bonds is 4. The average molecular weight is 256 g/mol. The van der Waals surface area contributed by atoms with Gasteiger partial charge in [-0.3, -0.25) is 0 Å². The molecule has 1 aromatic heterocycles. The maximum absolute atomic E-state index is 13.6. The van der Waals surface area contributed by atoms with Crippen LogP contribution in [0.5, 0.6) is 0 Å². The molecule has 2 rings (SSSR count). The Bertz CT molecular complexity index is 515. The van der Waals surface area contributed by atoms with Gasteiger partial charge in [0.15, 0.2) is 0 Å². The summed E-state index contributed by atoms with van der Waals surface area (Å²) in [5, 5.41) is 7.94. The number of benzene rings is 1. The molecular weight excluding hydrogens is 245 g/mol. The third kappa shape index (κ3) is 2.81. The molecule has 2 N–H and O–H groups in total. The SMILES string of the molecule is NCCCc1nnc(-c2ccc(Cl)cc2F)o1. The number of halogens is 2. The second-order valence-corrected chi connectivity index (χ2v) is 3.95. The topological polar surface area (TPSA) is 64.9 Å². The molecule has 0 amide bonds. The lowest BCUT2D eigenvalue weighted by Crippen LogP contribution is -2.00. The van der Waals surface area contributed by atoms with Crippen molar-refractivity contribution in [3.05, 3.63) is 34.9 Å². The van der Waals surface area contributed by atoms with Crippen molar-refractivity contribution in [3.8, 4) is 11.5 Å². The minimum Gasteiger partial charge on any atom is -0.421 e. The van der Waals surface area contributed by atoms with E-state index in [1.54, 1.807) is 6.07 Å². The first-order chi connectivity index (χ1) is 8.20. The second kappa shape index (κ2) is 5.25. The smallest absolute Gasteiger partial charge is 0.250 e. The fourth-order valence-electron chi connectivity index (χ4n) is 1.38. The van der Waals surface area contributed by atoms with E-state index >= 15 is 0 Å². The Morgan fingerprint density at radius 1 is 1.35 bits per heavy atom. The third-order valence-corrected chi connectivity index (χ3v) is 2.46. The molecule has 0 saturated heterocycles. The van der Waals surface area contributed by atoms with Gasteiger partial charge in [0, 0.05) is 11.4 Å². The molecule has 0 spiro atoms. The van der Waals surface area contributed by atoms with Crippen molar-refractivity contribution in [3.63, 3.8) is 0 Å². The summed E-state index contributed by atoms with van der Waals surface area (Å²) >= 11 is 5.66. The van der Waals surface area contributed by atoms with Crippen molar-refractivity contribution in [1.29, 1.82) is 0 Å². The Hall–Kier alpha value is -1.46. The van der Waals surface area contributed by atoms with E-state index in [1.807, 2.05) is 0 Å². The van der Waals surface area contributed by atoms with E-state index in [9.17, 15) is 4.39 Å². The first-order valence-electron chi connectivity index (χ1n) is 5.18. The van der Waals surface area contributed by atoms with Gasteiger partial charge in [0.25, 0.3) is 5.89 Å². The molecule has 0 unspecified atom stereocenters. The highest BCUT2D eigenvalue weighted by Gasteiger charge is 2.12. The van der Waals surface area contributed by atoms with Gasteiger partial charge >= 0.3 is 0 Å². The molecule has 4 nitrogen and oxygen atoms in total. The molecule has 17 heavy (non-hydrogen) atoms. The number of aryl methyl sites for hydroxylation is 1. The summed E-state index contributed by atoms with van der Waals surface area (Å²) in [4.78, 5) is 0. The van der Waals surface area contributed by atoms with E-state index in [2.05, 4.69) is 10.2 Å². The molecule has 0 radical (unpaired) electrons. The zero-order valence-electron chi connectivity index (χ0n) is 8.99. The largest absolute Gasteiger partial charge is 0.421 e. The van der Waals surface area contributed by atoms with Crippen LogP contribution < -0.4 is 5.73 Å². The summed E-state index contributed by atoms with van der Waals surface area (Å²) in [5.41, 5.74) is 5.62. The predicted molar refractivity (Wildman–Crippen MR) is 62.1 cm³/mol. The molecular formula is C11H11ClFN3O. The molecule has 0 fully saturated rings. The second-order valence-electron chi connectivity index (χ2n) is 3.52. The summed E-state index contributed by atoms with van der Waals surface area (Å²) in [6, 6.07) is 4.29. The highest BCUT2D eigenvalue weighted by molar-refractivity contribution is 6.30. The van der Waals surface area contributed by atoms with Crippen molar-refractivity contribution in [2.45, 2.75) is 12.8 Å². The Morgan fingerprint density at radius 2 is 2.18 bits per heavy atom. The van der Waals surface area contributed by atoms with Gasteiger partial charge in [-0.2, -0.15) is 0 Å². The van der Waals surface area contributed by atoms with Crippen LogP contribution in [0.3, 0.4) is 0 Å². The quantitative estimate of drug-likeness (QED) is 0.911. The molecule has 0 aliphatic carbocycles. The van der Waals surface area contributed by atoms with Crippen molar-refractivity contribution in [1.82, 2.24) is 10.2 Å². The lowest BCUT2D eigenvalue weighted by Gasteiger charge is -1.97. The molecule has 0 bridgehead atoms. The molecule has 90 valence electrons. The number of nitrogens with zero attached hydrogens (tertiary/aromatic N) is 2. The van der Waals surface area contributed by atoms with Gasteiger partial charge in [0.1, 0.15) is 5.82 Å².